The van der Waals surface area contributed by atoms with Crippen LogP contribution in [0.5, 0.6) is 5.88 Å². The van der Waals surface area contributed by atoms with Crippen molar-refractivity contribution in [2.45, 2.75) is 37.8 Å². The third kappa shape index (κ3) is 2.97. The number of amides is 1. The number of fused-ring (bicyclic) bond motifs is 1. The monoisotopic (exact) mass is 285 g/mol. The molecule has 1 heterocycles. The smallest absolute Gasteiger partial charge is 0.254 e. The summed E-state index contributed by atoms with van der Waals surface area (Å²) in [5.41, 5.74) is 12.5. The molecular formula is C16H19N3O2. The molecule has 0 aliphatic heterocycles. The maximum Gasteiger partial charge on any atom is 0.254 e. The molecule has 1 aliphatic rings. The molecule has 0 bridgehead atoms. The van der Waals surface area contributed by atoms with Gasteiger partial charge < -0.3 is 16.2 Å². The van der Waals surface area contributed by atoms with Crippen molar-refractivity contribution in [3.8, 4) is 5.88 Å². The van der Waals surface area contributed by atoms with Crippen molar-refractivity contribution in [3.05, 3.63) is 35.9 Å². The molecule has 2 aromatic rings. The van der Waals surface area contributed by atoms with Gasteiger partial charge in [-0.2, -0.15) is 0 Å². The van der Waals surface area contributed by atoms with E-state index in [2.05, 4.69) is 4.98 Å². The van der Waals surface area contributed by atoms with Gasteiger partial charge in [-0.05, 0) is 37.8 Å². The second kappa shape index (κ2) is 5.69. The third-order valence-electron chi connectivity index (χ3n) is 3.95. The quantitative estimate of drug-likeness (QED) is 0.902. The van der Waals surface area contributed by atoms with Crippen molar-refractivity contribution in [3.63, 3.8) is 0 Å². The Kier molecular flexibility index (Phi) is 3.75. The third-order valence-corrected chi connectivity index (χ3v) is 3.95. The lowest BCUT2D eigenvalue weighted by Gasteiger charge is -2.26. The highest BCUT2D eigenvalue weighted by Crippen LogP contribution is 2.26. The van der Waals surface area contributed by atoms with Crippen LogP contribution in [0.4, 0.5) is 0 Å². The molecule has 1 fully saturated rings. The van der Waals surface area contributed by atoms with Gasteiger partial charge in [-0.25, -0.2) is 4.98 Å². The topological polar surface area (TPSA) is 91.2 Å². The summed E-state index contributed by atoms with van der Waals surface area (Å²) in [6, 6.07) is 9.60. The fourth-order valence-corrected chi connectivity index (χ4v) is 2.73. The Labute approximate surface area is 123 Å². The van der Waals surface area contributed by atoms with Crippen LogP contribution in [0.1, 0.15) is 36.0 Å². The summed E-state index contributed by atoms with van der Waals surface area (Å²) >= 11 is 0. The molecule has 1 aromatic carbocycles. The SMILES string of the molecule is NC(=O)c1cc2ccccc2nc1OC1CCC(N)CC1. The summed E-state index contributed by atoms with van der Waals surface area (Å²) < 4.78 is 5.94. The van der Waals surface area contributed by atoms with E-state index in [1.807, 2.05) is 24.3 Å². The van der Waals surface area contributed by atoms with Gasteiger partial charge in [-0.1, -0.05) is 18.2 Å². The van der Waals surface area contributed by atoms with Crippen molar-refractivity contribution in [2.75, 3.05) is 0 Å². The lowest BCUT2D eigenvalue weighted by atomic mass is 9.94. The summed E-state index contributed by atoms with van der Waals surface area (Å²) in [5.74, 6) is -0.183. The molecule has 4 N–H and O–H groups in total. The first kappa shape index (κ1) is 13.8. The van der Waals surface area contributed by atoms with Crippen molar-refractivity contribution >= 4 is 16.8 Å². The number of primary amides is 1. The number of aromatic nitrogens is 1. The first-order valence-electron chi connectivity index (χ1n) is 7.25. The van der Waals surface area contributed by atoms with E-state index in [9.17, 15) is 4.79 Å². The fraction of sp³-hybridized carbons (Fsp3) is 0.375. The first-order valence-corrected chi connectivity index (χ1v) is 7.25. The molecule has 1 aromatic heterocycles. The Morgan fingerprint density at radius 1 is 1.19 bits per heavy atom. The Balaban J connectivity index is 1.92. The average Bonchev–Trinajstić information content (AvgIpc) is 2.48. The second-order valence-corrected chi connectivity index (χ2v) is 5.55. The van der Waals surface area contributed by atoms with Gasteiger partial charge in [0.15, 0.2) is 0 Å². The Bertz CT molecular complexity index is 664. The zero-order valence-electron chi connectivity index (χ0n) is 11.8. The van der Waals surface area contributed by atoms with E-state index in [0.717, 1.165) is 36.6 Å². The van der Waals surface area contributed by atoms with E-state index in [0.29, 0.717) is 11.4 Å². The number of carbonyl (C=O) groups is 1. The van der Waals surface area contributed by atoms with Gasteiger partial charge >= 0.3 is 0 Å². The van der Waals surface area contributed by atoms with Crippen LogP contribution in [0.3, 0.4) is 0 Å². The van der Waals surface area contributed by atoms with Crippen molar-refractivity contribution < 1.29 is 9.53 Å². The Morgan fingerprint density at radius 3 is 2.62 bits per heavy atom. The molecule has 21 heavy (non-hydrogen) atoms. The van der Waals surface area contributed by atoms with E-state index >= 15 is 0 Å². The van der Waals surface area contributed by atoms with Crippen LogP contribution >= 0.6 is 0 Å². The molecule has 0 atom stereocenters. The number of ether oxygens (including phenoxy) is 1. The number of pyridine rings is 1. The van der Waals surface area contributed by atoms with Gasteiger partial charge in [-0.15, -0.1) is 0 Å². The van der Waals surface area contributed by atoms with Gasteiger partial charge in [-0.3, -0.25) is 4.79 Å². The second-order valence-electron chi connectivity index (χ2n) is 5.55. The molecule has 110 valence electrons. The molecule has 5 heteroatoms. The standard InChI is InChI=1S/C16H19N3O2/c17-11-5-7-12(8-6-11)21-16-13(15(18)20)9-10-3-1-2-4-14(10)19-16/h1-4,9,11-12H,5-8,17H2,(H2,18,20). The number of para-hydroxylation sites is 1. The number of hydrogen-bond donors (Lipinski definition) is 2. The van der Waals surface area contributed by atoms with E-state index < -0.39 is 5.91 Å². The maximum absolute atomic E-state index is 11.6. The van der Waals surface area contributed by atoms with E-state index in [1.165, 1.54) is 0 Å². The minimum absolute atomic E-state index is 0.0524. The summed E-state index contributed by atoms with van der Waals surface area (Å²) in [7, 11) is 0. The first-order chi connectivity index (χ1) is 10.1. The predicted octanol–water partition coefficient (Wildman–Crippen LogP) is 1.98. The highest BCUT2D eigenvalue weighted by Gasteiger charge is 2.22. The van der Waals surface area contributed by atoms with Gasteiger partial charge in [0.05, 0.1) is 5.52 Å². The molecule has 1 amide bonds. The largest absolute Gasteiger partial charge is 0.474 e. The number of rotatable bonds is 3. The van der Waals surface area contributed by atoms with Crippen LogP contribution in [-0.2, 0) is 0 Å². The highest BCUT2D eigenvalue weighted by atomic mass is 16.5. The van der Waals surface area contributed by atoms with Crippen LogP contribution in [0.2, 0.25) is 0 Å². The summed E-state index contributed by atoms with van der Waals surface area (Å²) in [5, 5.41) is 0.879. The zero-order chi connectivity index (χ0) is 14.8. The fourth-order valence-electron chi connectivity index (χ4n) is 2.73. The van der Waals surface area contributed by atoms with Gasteiger partial charge in [0.1, 0.15) is 11.7 Å². The summed E-state index contributed by atoms with van der Waals surface area (Å²) in [6.45, 7) is 0. The number of benzene rings is 1. The van der Waals surface area contributed by atoms with E-state index in [4.69, 9.17) is 16.2 Å². The minimum atomic E-state index is -0.518. The lowest BCUT2D eigenvalue weighted by Crippen LogP contribution is -2.32. The van der Waals surface area contributed by atoms with Gasteiger partial charge in [0.2, 0.25) is 5.88 Å². The molecule has 1 aliphatic carbocycles. The molecule has 0 saturated heterocycles. The summed E-state index contributed by atoms with van der Waals surface area (Å²) in [6.07, 6.45) is 3.69. The molecule has 0 radical (unpaired) electrons. The molecular weight excluding hydrogens is 266 g/mol. The molecule has 5 nitrogen and oxygen atoms in total. The number of hydrogen-bond acceptors (Lipinski definition) is 4. The van der Waals surface area contributed by atoms with Crippen LogP contribution in [0.25, 0.3) is 10.9 Å². The number of nitrogens with two attached hydrogens (primary N) is 2. The van der Waals surface area contributed by atoms with E-state index in [1.54, 1.807) is 6.07 Å². The molecule has 0 unspecified atom stereocenters. The Hall–Kier alpha value is -2.14. The normalized spacial score (nSPS) is 22.1. The zero-order valence-corrected chi connectivity index (χ0v) is 11.8. The maximum atomic E-state index is 11.6. The van der Waals surface area contributed by atoms with Gasteiger partial charge in [0, 0.05) is 11.4 Å². The average molecular weight is 285 g/mol. The van der Waals surface area contributed by atoms with E-state index in [-0.39, 0.29) is 12.1 Å². The molecule has 0 spiro atoms. The van der Waals surface area contributed by atoms with Crippen LogP contribution in [-0.4, -0.2) is 23.0 Å². The minimum Gasteiger partial charge on any atom is -0.474 e. The van der Waals surface area contributed by atoms with Crippen molar-refractivity contribution in [1.82, 2.24) is 4.98 Å². The lowest BCUT2D eigenvalue weighted by molar-refractivity contribution is 0.0983. The molecule has 3 rings (SSSR count). The molecule has 1 saturated carbocycles. The van der Waals surface area contributed by atoms with Crippen LogP contribution in [0.15, 0.2) is 30.3 Å². The van der Waals surface area contributed by atoms with Gasteiger partial charge in [0.25, 0.3) is 5.91 Å². The highest BCUT2D eigenvalue weighted by molar-refractivity contribution is 5.98. The van der Waals surface area contributed by atoms with Crippen molar-refractivity contribution in [2.24, 2.45) is 11.5 Å². The Morgan fingerprint density at radius 2 is 1.90 bits per heavy atom. The van der Waals surface area contributed by atoms with Crippen LogP contribution < -0.4 is 16.2 Å². The number of carbonyl (C=O) groups excluding carboxylic acids is 1. The van der Waals surface area contributed by atoms with Crippen molar-refractivity contribution in [1.29, 1.82) is 0 Å². The summed E-state index contributed by atoms with van der Waals surface area (Å²) in [4.78, 5) is 16.1. The predicted molar refractivity (Wildman–Crippen MR) is 81.1 cm³/mol. The number of nitrogens with zero attached hydrogens (tertiary/aromatic N) is 1. The van der Waals surface area contributed by atoms with Crippen LogP contribution in [0, 0.1) is 0 Å².